The SMILES string of the molecule is O=C(NOC1CCC1)c1cnsn1. The number of hydrogen-bond acceptors (Lipinski definition) is 5. The number of nitrogens with one attached hydrogen (secondary N) is 1. The Balaban J connectivity index is 1.78. The van der Waals surface area contributed by atoms with Crippen LogP contribution in [-0.4, -0.2) is 20.8 Å². The summed E-state index contributed by atoms with van der Waals surface area (Å²) in [5.74, 6) is -0.319. The first-order valence-electron chi connectivity index (χ1n) is 4.10. The van der Waals surface area contributed by atoms with Crippen LogP contribution < -0.4 is 5.48 Å². The van der Waals surface area contributed by atoms with Gasteiger partial charge in [0.1, 0.15) is 0 Å². The van der Waals surface area contributed by atoms with Crippen molar-refractivity contribution in [1.29, 1.82) is 0 Å². The molecule has 1 heterocycles. The number of amides is 1. The van der Waals surface area contributed by atoms with Crippen molar-refractivity contribution in [1.82, 2.24) is 14.2 Å². The monoisotopic (exact) mass is 199 g/mol. The van der Waals surface area contributed by atoms with E-state index in [2.05, 4.69) is 14.2 Å². The molecule has 1 aromatic heterocycles. The van der Waals surface area contributed by atoms with E-state index in [9.17, 15) is 4.79 Å². The molecule has 0 unspecified atom stereocenters. The van der Waals surface area contributed by atoms with E-state index in [4.69, 9.17) is 4.84 Å². The molecule has 0 saturated heterocycles. The van der Waals surface area contributed by atoms with Crippen LogP contribution >= 0.6 is 11.7 Å². The normalized spacial score (nSPS) is 16.6. The first-order valence-corrected chi connectivity index (χ1v) is 4.83. The third-order valence-electron chi connectivity index (χ3n) is 1.96. The van der Waals surface area contributed by atoms with Gasteiger partial charge in [-0.1, -0.05) is 0 Å². The van der Waals surface area contributed by atoms with Crippen LogP contribution in [-0.2, 0) is 4.84 Å². The van der Waals surface area contributed by atoms with Crippen LogP contribution in [0.15, 0.2) is 6.20 Å². The van der Waals surface area contributed by atoms with Gasteiger partial charge in [0.25, 0.3) is 5.91 Å². The molecule has 1 amide bonds. The molecule has 6 heteroatoms. The van der Waals surface area contributed by atoms with Crippen LogP contribution in [0.3, 0.4) is 0 Å². The molecular formula is C7H9N3O2S. The molecule has 1 N–H and O–H groups in total. The van der Waals surface area contributed by atoms with E-state index in [0.29, 0.717) is 5.69 Å². The maximum absolute atomic E-state index is 11.2. The minimum Gasteiger partial charge on any atom is -0.270 e. The lowest BCUT2D eigenvalue weighted by atomic mass is 9.97. The summed E-state index contributed by atoms with van der Waals surface area (Å²) >= 11 is 1.01. The summed E-state index contributed by atoms with van der Waals surface area (Å²) in [5, 5.41) is 0. The van der Waals surface area contributed by atoms with Gasteiger partial charge in [0.15, 0.2) is 5.69 Å². The number of carbonyl (C=O) groups excluding carboxylic acids is 1. The molecule has 1 aromatic rings. The van der Waals surface area contributed by atoms with E-state index in [-0.39, 0.29) is 12.0 Å². The second-order valence-corrected chi connectivity index (χ2v) is 3.45. The highest BCUT2D eigenvalue weighted by Gasteiger charge is 2.20. The topological polar surface area (TPSA) is 64.1 Å². The Morgan fingerprint density at radius 1 is 1.69 bits per heavy atom. The number of hydrogen-bond donors (Lipinski definition) is 1. The Bertz CT molecular complexity index is 284. The lowest BCUT2D eigenvalue weighted by Crippen LogP contribution is -2.33. The van der Waals surface area contributed by atoms with E-state index < -0.39 is 0 Å². The lowest BCUT2D eigenvalue weighted by molar-refractivity contribution is -0.0509. The van der Waals surface area contributed by atoms with Crippen molar-refractivity contribution in [3.05, 3.63) is 11.9 Å². The van der Waals surface area contributed by atoms with Crippen LogP contribution in [0.4, 0.5) is 0 Å². The first kappa shape index (κ1) is 8.58. The van der Waals surface area contributed by atoms with E-state index >= 15 is 0 Å². The van der Waals surface area contributed by atoms with E-state index in [0.717, 1.165) is 24.6 Å². The summed E-state index contributed by atoms with van der Waals surface area (Å²) in [6, 6.07) is 0. The van der Waals surface area contributed by atoms with Gasteiger partial charge in [0, 0.05) is 0 Å². The smallest absolute Gasteiger partial charge is 0.270 e. The average Bonchev–Trinajstić information content (AvgIpc) is 2.52. The number of aromatic nitrogens is 2. The van der Waals surface area contributed by atoms with E-state index in [1.165, 1.54) is 12.6 Å². The second-order valence-electron chi connectivity index (χ2n) is 2.89. The van der Waals surface area contributed by atoms with Crippen molar-refractivity contribution in [3.8, 4) is 0 Å². The molecule has 1 fully saturated rings. The quantitative estimate of drug-likeness (QED) is 0.730. The fraction of sp³-hybridized carbons (Fsp3) is 0.571. The number of rotatable bonds is 3. The fourth-order valence-corrected chi connectivity index (χ4v) is 1.35. The third-order valence-corrected chi connectivity index (χ3v) is 2.44. The Hall–Kier alpha value is -1.01. The van der Waals surface area contributed by atoms with Gasteiger partial charge < -0.3 is 0 Å². The zero-order chi connectivity index (χ0) is 9.10. The Labute approximate surface area is 79.4 Å². The van der Waals surface area contributed by atoms with Gasteiger partial charge in [-0.3, -0.25) is 9.63 Å². The number of hydroxylamine groups is 1. The van der Waals surface area contributed by atoms with Crippen molar-refractivity contribution in [2.45, 2.75) is 25.4 Å². The summed E-state index contributed by atoms with van der Waals surface area (Å²) in [6.45, 7) is 0. The predicted octanol–water partition coefficient (Wildman–Crippen LogP) is 0.752. The predicted molar refractivity (Wildman–Crippen MR) is 46.1 cm³/mol. The molecule has 0 spiro atoms. The molecule has 1 saturated carbocycles. The maximum Gasteiger partial charge on any atom is 0.296 e. The molecule has 13 heavy (non-hydrogen) atoms. The Morgan fingerprint density at radius 2 is 2.54 bits per heavy atom. The molecule has 70 valence electrons. The summed E-state index contributed by atoms with van der Waals surface area (Å²) < 4.78 is 7.50. The summed E-state index contributed by atoms with van der Waals surface area (Å²) in [5.41, 5.74) is 2.66. The van der Waals surface area contributed by atoms with Crippen LogP contribution in [0, 0.1) is 0 Å². The standard InChI is InChI=1S/C7H9N3O2S/c11-7(6-4-8-13-10-6)9-12-5-2-1-3-5/h4-5H,1-3H2,(H,9,11). The van der Waals surface area contributed by atoms with Crippen molar-refractivity contribution < 1.29 is 9.63 Å². The van der Waals surface area contributed by atoms with Gasteiger partial charge in [-0.2, -0.15) is 8.75 Å². The zero-order valence-electron chi connectivity index (χ0n) is 6.90. The minimum absolute atomic E-state index is 0.190. The van der Waals surface area contributed by atoms with Crippen molar-refractivity contribution in [2.24, 2.45) is 0 Å². The Morgan fingerprint density at radius 3 is 3.08 bits per heavy atom. The number of carbonyl (C=O) groups is 1. The minimum atomic E-state index is -0.319. The summed E-state index contributed by atoms with van der Waals surface area (Å²) in [6.07, 6.45) is 4.84. The fourth-order valence-electron chi connectivity index (χ4n) is 0.942. The second kappa shape index (κ2) is 3.80. The largest absolute Gasteiger partial charge is 0.296 e. The van der Waals surface area contributed by atoms with Gasteiger partial charge in [-0.05, 0) is 19.3 Å². The summed E-state index contributed by atoms with van der Waals surface area (Å²) in [7, 11) is 0. The molecular weight excluding hydrogens is 190 g/mol. The van der Waals surface area contributed by atoms with Gasteiger partial charge in [-0.15, -0.1) is 0 Å². The summed E-state index contributed by atoms with van der Waals surface area (Å²) in [4.78, 5) is 16.3. The molecule has 5 nitrogen and oxygen atoms in total. The van der Waals surface area contributed by atoms with Gasteiger partial charge in [-0.25, -0.2) is 5.48 Å². The highest BCUT2D eigenvalue weighted by atomic mass is 32.1. The molecule has 0 radical (unpaired) electrons. The van der Waals surface area contributed by atoms with Crippen LogP contribution in [0.25, 0.3) is 0 Å². The molecule has 0 atom stereocenters. The van der Waals surface area contributed by atoms with Gasteiger partial charge in [0.2, 0.25) is 0 Å². The third kappa shape index (κ3) is 2.02. The maximum atomic E-state index is 11.2. The molecule has 0 bridgehead atoms. The zero-order valence-corrected chi connectivity index (χ0v) is 7.71. The number of nitrogens with zero attached hydrogens (tertiary/aromatic N) is 2. The highest BCUT2D eigenvalue weighted by molar-refractivity contribution is 6.99. The average molecular weight is 199 g/mol. The molecule has 0 aliphatic heterocycles. The first-order chi connectivity index (χ1) is 6.36. The van der Waals surface area contributed by atoms with E-state index in [1.807, 2.05) is 0 Å². The van der Waals surface area contributed by atoms with Crippen molar-refractivity contribution in [2.75, 3.05) is 0 Å². The van der Waals surface area contributed by atoms with Crippen molar-refractivity contribution >= 4 is 17.6 Å². The lowest BCUT2D eigenvalue weighted by Gasteiger charge is -2.24. The van der Waals surface area contributed by atoms with Gasteiger partial charge >= 0.3 is 0 Å². The van der Waals surface area contributed by atoms with Crippen LogP contribution in [0.1, 0.15) is 29.8 Å². The molecule has 2 rings (SSSR count). The highest BCUT2D eigenvalue weighted by Crippen LogP contribution is 2.20. The van der Waals surface area contributed by atoms with Crippen LogP contribution in [0.5, 0.6) is 0 Å². The molecule has 0 aromatic carbocycles. The Kier molecular flexibility index (Phi) is 2.51. The van der Waals surface area contributed by atoms with Gasteiger partial charge in [0.05, 0.1) is 24.0 Å². The molecule has 1 aliphatic rings. The van der Waals surface area contributed by atoms with Crippen molar-refractivity contribution in [3.63, 3.8) is 0 Å². The van der Waals surface area contributed by atoms with Crippen LogP contribution in [0.2, 0.25) is 0 Å². The van der Waals surface area contributed by atoms with E-state index in [1.54, 1.807) is 0 Å². The molecule has 1 aliphatic carbocycles.